The van der Waals surface area contributed by atoms with Gasteiger partial charge in [0.25, 0.3) is 0 Å². The van der Waals surface area contributed by atoms with E-state index in [2.05, 4.69) is 11.5 Å². The third-order valence-electron chi connectivity index (χ3n) is 5.97. The molecular weight excluding hydrogens is 430 g/mol. The molecule has 3 aromatic carbocycles. The minimum absolute atomic E-state index is 0.147. The highest BCUT2D eigenvalue weighted by Crippen LogP contribution is 2.36. The minimum Gasteiger partial charge on any atom is -0.497 e. The summed E-state index contributed by atoms with van der Waals surface area (Å²) in [4.78, 5) is 13.0. The van der Waals surface area contributed by atoms with Crippen LogP contribution in [0.15, 0.2) is 72.6 Å². The van der Waals surface area contributed by atoms with Crippen LogP contribution in [0.2, 0.25) is 0 Å². The number of Topliss-reactive ketones (excluding diaryl/α,β-unsaturated/α-hetero) is 1. The number of aryl methyl sites for hydroxylation is 1. The Morgan fingerprint density at radius 2 is 1.79 bits per heavy atom. The summed E-state index contributed by atoms with van der Waals surface area (Å²) >= 11 is 0. The molecule has 0 spiro atoms. The van der Waals surface area contributed by atoms with Crippen LogP contribution in [0.3, 0.4) is 0 Å². The van der Waals surface area contributed by atoms with Crippen LogP contribution >= 0.6 is 0 Å². The Kier molecular flexibility index (Phi) is 5.72. The summed E-state index contributed by atoms with van der Waals surface area (Å²) in [5, 5.41) is 1.00. The number of benzene rings is 3. The van der Waals surface area contributed by atoms with Gasteiger partial charge >= 0.3 is 0 Å². The van der Waals surface area contributed by atoms with E-state index >= 15 is 0 Å². The van der Waals surface area contributed by atoms with Gasteiger partial charge in [-0.1, -0.05) is 18.2 Å². The number of ether oxygens (including phenoxy) is 4. The highest BCUT2D eigenvalue weighted by Gasteiger charge is 2.28. The van der Waals surface area contributed by atoms with Gasteiger partial charge in [-0.25, -0.2) is 0 Å². The summed E-state index contributed by atoms with van der Waals surface area (Å²) in [5.74, 6) is 2.78. The second-order valence-electron chi connectivity index (χ2n) is 7.95. The van der Waals surface area contributed by atoms with E-state index in [4.69, 9.17) is 18.9 Å². The lowest BCUT2D eigenvalue weighted by Gasteiger charge is -2.10. The number of allylic oxidation sites excluding steroid dienone is 1. The molecular formula is C28H25NO5. The molecule has 2 heterocycles. The SMILES string of the molecule is CCn1cc(/C=C2\Oc3cc(OCc4ccccc4OC)ccc3C2=O)c2cc(OC)ccc21. The van der Waals surface area contributed by atoms with Crippen molar-refractivity contribution in [2.45, 2.75) is 20.1 Å². The molecule has 0 bridgehead atoms. The number of nitrogens with zero attached hydrogens (tertiary/aromatic N) is 1. The third-order valence-corrected chi connectivity index (χ3v) is 5.97. The maximum atomic E-state index is 13.0. The number of rotatable bonds is 7. The van der Waals surface area contributed by atoms with Crippen molar-refractivity contribution in [1.29, 1.82) is 0 Å². The van der Waals surface area contributed by atoms with Crippen molar-refractivity contribution in [2.24, 2.45) is 0 Å². The smallest absolute Gasteiger partial charge is 0.231 e. The van der Waals surface area contributed by atoms with E-state index < -0.39 is 0 Å². The zero-order chi connectivity index (χ0) is 23.7. The third kappa shape index (κ3) is 3.88. The van der Waals surface area contributed by atoms with Gasteiger partial charge in [-0.3, -0.25) is 4.79 Å². The summed E-state index contributed by atoms with van der Waals surface area (Å²) in [7, 11) is 3.28. The average molecular weight is 456 g/mol. The fourth-order valence-electron chi connectivity index (χ4n) is 4.19. The number of carbonyl (C=O) groups is 1. The molecule has 0 saturated heterocycles. The zero-order valence-electron chi connectivity index (χ0n) is 19.3. The Hall–Kier alpha value is -4.19. The van der Waals surface area contributed by atoms with E-state index in [-0.39, 0.29) is 11.5 Å². The monoisotopic (exact) mass is 455 g/mol. The van der Waals surface area contributed by atoms with E-state index in [0.717, 1.165) is 40.1 Å². The van der Waals surface area contributed by atoms with Crippen molar-refractivity contribution < 1.29 is 23.7 Å². The first-order valence-electron chi connectivity index (χ1n) is 11.1. The first-order chi connectivity index (χ1) is 16.6. The first-order valence-corrected chi connectivity index (χ1v) is 11.1. The van der Waals surface area contributed by atoms with Crippen LogP contribution in [0.4, 0.5) is 0 Å². The van der Waals surface area contributed by atoms with Gasteiger partial charge in [-0.05, 0) is 49.4 Å². The summed E-state index contributed by atoms with van der Waals surface area (Å²) in [5.41, 5.74) is 3.43. The molecule has 0 fully saturated rings. The van der Waals surface area contributed by atoms with Crippen molar-refractivity contribution in [3.63, 3.8) is 0 Å². The summed E-state index contributed by atoms with van der Waals surface area (Å²) in [6.07, 6.45) is 3.82. The molecule has 1 aromatic heterocycles. The molecule has 6 nitrogen and oxygen atoms in total. The maximum absolute atomic E-state index is 13.0. The highest BCUT2D eigenvalue weighted by molar-refractivity contribution is 6.15. The van der Waals surface area contributed by atoms with Crippen molar-refractivity contribution in [3.05, 3.63) is 89.3 Å². The van der Waals surface area contributed by atoms with Gasteiger partial charge in [-0.15, -0.1) is 0 Å². The van der Waals surface area contributed by atoms with Crippen molar-refractivity contribution in [3.8, 4) is 23.0 Å². The van der Waals surface area contributed by atoms with Gasteiger partial charge in [0.05, 0.1) is 19.8 Å². The van der Waals surface area contributed by atoms with Gasteiger partial charge in [0.15, 0.2) is 5.76 Å². The number of aromatic nitrogens is 1. The fourth-order valence-corrected chi connectivity index (χ4v) is 4.19. The molecule has 0 unspecified atom stereocenters. The topological polar surface area (TPSA) is 58.9 Å². The van der Waals surface area contributed by atoms with Crippen LogP contribution in [0, 0.1) is 0 Å². The number of hydrogen-bond acceptors (Lipinski definition) is 5. The number of ketones is 1. The molecule has 4 aromatic rings. The quantitative estimate of drug-likeness (QED) is 0.326. The van der Waals surface area contributed by atoms with Crippen molar-refractivity contribution in [1.82, 2.24) is 4.57 Å². The van der Waals surface area contributed by atoms with E-state index in [1.54, 1.807) is 38.5 Å². The molecule has 0 saturated carbocycles. The Morgan fingerprint density at radius 3 is 2.59 bits per heavy atom. The second-order valence-corrected chi connectivity index (χ2v) is 7.95. The first kappa shape index (κ1) is 21.6. The van der Waals surface area contributed by atoms with Gasteiger partial charge < -0.3 is 23.5 Å². The lowest BCUT2D eigenvalue weighted by atomic mass is 10.1. The standard InChI is InChI=1S/C28H25NO5/c1-4-29-16-19(23-14-20(31-2)10-12-24(23)29)13-27-28(30)22-11-9-21(15-26(22)34-27)33-17-18-7-5-6-8-25(18)32-3/h5-16H,4,17H2,1-3H3/b27-13-. The molecule has 0 N–H and O–H groups in total. The number of para-hydroxylation sites is 1. The Morgan fingerprint density at radius 1 is 0.971 bits per heavy atom. The molecule has 172 valence electrons. The highest BCUT2D eigenvalue weighted by atomic mass is 16.5. The molecule has 0 radical (unpaired) electrons. The van der Waals surface area contributed by atoms with Crippen molar-refractivity contribution >= 4 is 22.8 Å². The number of methoxy groups -OCH3 is 2. The predicted octanol–water partition coefficient (Wildman–Crippen LogP) is 5.87. The van der Waals surface area contributed by atoms with E-state index in [1.807, 2.05) is 48.7 Å². The molecule has 1 aliphatic rings. The lowest BCUT2D eigenvalue weighted by molar-refractivity contribution is 0.101. The summed E-state index contributed by atoms with van der Waals surface area (Å²) < 4.78 is 24.8. The van der Waals surface area contributed by atoms with Crippen LogP contribution in [-0.4, -0.2) is 24.6 Å². The number of hydrogen-bond donors (Lipinski definition) is 0. The van der Waals surface area contributed by atoms with Crippen LogP contribution < -0.4 is 18.9 Å². The fraction of sp³-hybridized carbons (Fsp3) is 0.179. The molecule has 0 amide bonds. The average Bonchev–Trinajstić information content (AvgIpc) is 3.39. The van der Waals surface area contributed by atoms with Gasteiger partial charge in [-0.2, -0.15) is 0 Å². The number of carbonyl (C=O) groups excluding carboxylic acids is 1. The van der Waals surface area contributed by atoms with E-state index in [1.165, 1.54) is 0 Å². The van der Waals surface area contributed by atoms with Crippen LogP contribution in [0.5, 0.6) is 23.0 Å². The predicted molar refractivity (Wildman–Crippen MR) is 131 cm³/mol. The summed E-state index contributed by atoms with van der Waals surface area (Å²) in [6.45, 7) is 3.24. The van der Waals surface area contributed by atoms with Gasteiger partial charge in [0.1, 0.15) is 29.6 Å². The van der Waals surface area contributed by atoms with Gasteiger partial charge in [0.2, 0.25) is 5.78 Å². The van der Waals surface area contributed by atoms with Crippen molar-refractivity contribution in [2.75, 3.05) is 14.2 Å². The molecule has 0 atom stereocenters. The largest absolute Gasteiger partial charge is 0.497 e. The van der Waals surface area contributed by atoms with E-state index in [0.29, 0.717) is 23.7 Å². The molecule has 34 heavy (non-hydrogen) atoms. The Balaban J connectivity index is 1.41. The van der Waals surface area contributed by atoms with E-state index in [9.17, 15) is 4.79 Å². The lowest BCUT2D eigenvalue weighted by Crippen LogP contribution is -1.99. The molecule has 0 aliphatic carbocycles. The maximum Gasteiger partial charge on any atom is 0.231 e. The van der Waals surface area contributed by atoms with Crippen LogP contribution in [0.1, 0.15) is 28.4 Å². The number of fused-ring (bicyclic) bond motifs is 2. The minimum atomic E-state index is -0.147. The molecule has 5 rings (SSSR count). The second kappa shape index (κ2) is 8.98. The van der Waals surface area contributed by atoms with Crippen LogP contribution in [0.25, 0.3) is 17.0 Å². The molecule has 6 heteroatoms. The van der Waals surface area contributed by atoms with Crippen LogP contribution in [-0.2, 0) is 13.2 Å². The molecule has 1 aliphatic heterocycles. The Labute approximate surface area is 197 Å². The van der Waals surface area contributed by atoms with Gasteiger partial charge in [0, 0.05) is 40.8 Å². The normalized spacial score (nSPS) is 13.7. The summed E-state index contributed by atoms with van der Waals surface area (Å²) in [6, 6.07) is 18.9. The zero-order valence-corrected chi connectivity index (χ0v) is 19.3. The Bertz CT molecular complexity index is 1420.